The normalized spacial score (nSPS) is 15.3. The number of aryl methyl sites for hydroxylation is 2. The van der Waals surface area contributed by atoms with Crippen LogP contribution in [0.4, 0.5) is 0 Å². The molecule has 5 nitrogen and oxygen atoms in total. The minimum absolute atomic E-state index is 0.136. The zero-order valence-electron chi connectivity index (χ0n) is 13.4. The molecule has 0 fully saturated rings. The number of methoxy groups -OCH3 is 1. The first-order valence-electron chi connectivity index (χ1n) is 7.31. The first-order valence-corrected chi connectivity index (χ1v) is 8.75. The summed E-state index contributed by atoms with van der Waals surface area (Å²) in [6, 6.07) is 11.2. The molecule has 1 heterocycles. The summed E-state index contributed by atoms with van der Waals surface area (Å²) < 4.78 is 32.4. The van der Waals surface area contributed by atoms with Crippen molar-refractivity contribution in [2.24, 2.45) is 0 Å². The number of rotatable bonds is 3. The molecular formula is C17H19NO4S. The van der Waals surface area contributed by atoms with E-state index in [0.29, 0.717) is 5.75 Å². The number of nitrogens with zero attached hydrogens (tertiary/aromatic N) is 1. The maximum absolute atomic E-state index is 13.0. The predicted octanol–water partition coefficient (Wildman–Crippen LogP) is 2.95. The minimum Gasteiger partial charge on any atom is -0.495 e. The van der Waals surface area contributed by atoms with E-state index in [2.05, 4.69) is 0 Å². The van der Waals surface area contributed by atoms with Crippen molar-refractivity contribution >= 4 is 10.0 Å². The Balaban J connectivity index is 2.04. The highest BCUT2D eigenvalue weighted by Gasteiger charge is 2.32. The van der Waals surface area contributed by atoms with Gasteiger partial charge in [-0.1, -0.05) is 34.8 Å². The minimum atomic E-state index is -3.81. The van der Waals surface area contributed by atoms with E-state index in [-0.39, 0.29) is 18.0 Å². The maximum atomic E-state index is 13.0. The van der Waals surface area contributed by atoms with E-state index in [1.807, 2.05) is 44.2 Å². The van der Waals surface area contributed by atoms with Crippen molar-refractivity contribution in [3.63, 3.8) is 0 Å². The molecule has 6 heteroatoms. The smallest absolute Gasteiger partial charge is 0.269 e. The summed E-state index contributed by atoms with van der Waals surface area (Å²) in [4.78, 5) is 5.63. The molecule has 0 saturated carbocycles. The van der Waals surface area contributed by atoms with Gasteiger partial charge in [-0.15, -0.1) is 0 Å². The standard InChI is InChI=1S/C17H19NO4S/c1-12-8-13(2)17(21-3)16(9-12)23(19,20)18-10-14-6-4-5-7-15(14)11-22-18/h4-9H,10-11H2,1-3H3. The van der Waals surface area contributed by atoms with E-state index in [1.165, 1.54) is 7.11 Å². The summed E-state index contributed by atoms with van der Waals surface area (Å²) in [5.74, 6) is 0.359. The Hall–Kier alpha value is -1.89. The summed E-state index contributed by atoms with van der Waals surface area (Å²) in [7, 11) is -2.33. The Morgan fingerprint density at radius 2 is 1.83 bits per heavy atom. The molecule has 2 aromatic carbocycles. The van der Waals surface area contributed by atoms with Crippen molar-refractivity contribution in [2.75, 3.05) is 7.11 Å². The van der Waals surface area contributed by atoms with Crippen molar-refractivity contribution in [1.29, 1.82) is 0 Å². The van der Waals surface area contributed by atoms with Crippen molar-refractivity contribution in [3.05, 3.63) is 58.7 Å². The third-order valence-electron chi connectivity index (χ3n) is 3.92. The molecular weight excluding hydrogens is 314 g/mol. The molecule has 0 N–H and O–H groups in total. The zero-order valence-corrected chi connectivity index (χ0v) is 14.2. The number of ether oxygens (including phenoxy) is 1. The van der Waals surface area contributed by atoms with E-state index >= 15 is 0 Å². The number of benzene rings is 2. The first kappa shape index (κ1) is 16.0. The molecule has 0 bridgehead atoms. The van der Waals surface area contributed by atoms with Gasteiger partial charge in [-0.25, -0.2) is 8.42 Å². The van der Waals surface area contributed by atoms with Gasteiger partial charge in [-0.05, 0) is 42.2 Å². The monoisotopic (exact) mass is 333 g/mol. The lowest BCUT2D eigenvalue weighted by molar-refractivity contribution is -0.114. The lowest BCUT2D eigenvalue weighted by atomic mass is 10.1. The Morgan fingerprint density at radius 1 is 1.13 bits per heavy atom. The highest BCUT2D eigenvalue weighted by atomic mass is 32.2. The Kier molecular flexibility index (Phi) is 4.14. The van der Waals surface area contributed by atoms with Crippen LogP contribution in [-0.4, -0.2) is 20.0 Å². The molecule has 0 spiro atoms. The van der Waals surface area contributed by atoms with Gasteiger partial charge in [-0.2, -0.15) is 0 Å². The van der Waals surface area contributed by atoms with E-state index in [9.17, 15) is 8.42 Å². The second kappa shape index (κ2) is 5.96. The molecule has 0 atom stereocenters. The second-order valence-corrected chi connectivity index (χ2v) is 7.42. The SMILES string of the molecule is COc1c(C)cc(C)cc1S(=O)(=O)N1Cc2ccccc2CO1. The highest BCUT2D eigenvalue weighted by molar-refractivity contribution is 7.89. The molecule has 0 saturated heterocycles. The number of sulfonamides is 1. The molecule has 122 valence electrons. The van der Waals surface area contributed by atoms with Gasteiger partial charge >= 0.3 is 0 Å². The molecule has 0 radical (unpaired) electrons. The average Bonchev–Trinajstić information content (AvgIpc) is 2.53. The topological polar surface area (TPSA) is 55.8 Å². The molecule has 2 aromatic rings. The van der Waals surface area contributed by atoms with E-state index < -0.39 is 10.0 Å². The summed E-state index contributed by atoms with van der Waals surface area (Å²) in [5.41, 5.74) is 3.60. The molecule has 1 aliphatic rings. The van der Waals surface area contributed by atoms with E-state index in [4.69, 9.17) is 9.57 Å². The number of hydrogen-bond donors (Lipinski definition) is 0. The number of fused-ring (bicyclic) bond motifs is 1. The van der Waals surface area contributed by atoms with Crippen LogP contribution in [-0.2, 0) is 28.0 Å². The van der Waals surface area contributed by atoms with Gasteiger partial charge in [0.25, 0.3) is 10.0 Å². The van der Waals surface area contributed by atoms with Crippen LogP contribution in [0.1, 0.15) is 22.3 Å². The van der Waals surface area contributed by atoms with Crippen LogP contribution in [0.25, 0.3) is 0 Å². The number of hydroxylamine groups is 1. The molecule has 0 amide bonds. The van der Waals surface area contributed by atoms with E-state index in [1.54, 1.807) is 6.07 Å². The zero-order chi connectivity index (χ0) is 16.6. The van der Waals surface area contributed by atoms with Crippen molar-refractivity contribution < 1.29 is 18.0 Å². The van der Waals surface area contributed by atoms with Crippen LogP contribution >= 0.6 is 0 Å². The highest BCUT2D eigenvalue weighted by Crippen LogP contribution is 2.33. The van der Waals surface area contributed by atoms with Gasteiger partial charge in [0.05, 0.1) is 20.3 Å². The van der Waals surface area contributed by atoms with Crippen molar-refractivity contribution in [2.45, 2.75) is 31.9 Å². The predicted molar refractivity (Wildman–Crippen MR) is 86.4 cm³/mol. The fourth-order valence-electron chi connectivity index (χ4n) is 2.81. The maximum Gasteiger partial charge on any atom is 0.269 e. The van der Waals surface area contributed by atoms with Gasteiger partial charge in [0, 0.05) is 0 Å². The Bertz CT molecular complexity index is 846. The fourth-order valence-corrected chi connectivity index (χ4v) is 4.34. The van der Waals surface area contributed by atoms with Crippen LogP contribution in [0.15, 0.2) is 41.3 Å². The van der Waals surface area contributed by atoms with Crippen LogP contribution in [0.5, 0.6) is 5.75 Å². The molecule has 3 rings (SSSR count). The molecule has 0 aromatic heterocycles. The largest absolute Gasteiger partial charge is 0.495 e. The van der Waals surface area contributed by atoms with Gasteiger partial charge in [0.2, 0.25) is 0 Å². The average molecular weight is 333 g/mol. The van der Waals surface area contributed by atoms with Crippen LogP contribution < -0.4 is 4.74 Å². The third kappa shape index (κ3) is 2.85. The second-order valence-electron chi connectivity index (χ2n) is 5.62. The van der Waals surface area contributed by atoms with E-state index in [0.717, 1.165) is 26.7 Å². The fraction of sp³-hybridized carbons (Fsp3) is 0.294. The first-order chi connectivity index (χ1) is 10.9. The third-order valence-corrected chi connectivity index (χ3v) is 5.55. The van der Waals surface area contributed by atoms with Crippen molar-refractivity contribution in [3.8, 4) is 5.75 Å². The van der Waals surface area contributed by atoms with Gasteiger partial charge in [0.1, 0.15) is 10.6 Å². The number of hydrogen-bond acceptors (Lipinski definition) is 4. The van der Waals surface area contributed by atoms with Gasteiger partial charge in [-0.3, -0.25) is 4.84 Å². The molecule has 0 aliphatic carbocycles. The summed E-state index contributed by atoms with van der Waals surface area (Å²) in [6.45, 7) is 4.12. The Morgan fingerprint density at radius 3 is 2.52 bits per heavy atom. The molecule has 0 unspecified atom stereocenters. The summed E-state index contributed by atoms with van der Waals surface area (Å²) >= 11 is 0. The molecule has 23 heavy (non-hydrogen) atoms. The molecule has 1 aliphatic heterocycles. The Labute approximate surface area is 136 Å². The summed E-state index contributed by atoms with van der Waals surface area (Å²) in [5, 5.41) is 0. The van der Waals surface area contributed by atoms with Crippen LogP contribution in [0, 0.1) is 13.8 Å². The lowest BCUT2D eigenvalue weighted by Crippen LogP contribution is -2.34. The van der Waals surface area contributed by atoms with Crippen LogP contribution in [0.2, 0.25) is 0 Å². The van der Waals surface area contributed by atoms with Gasteiger partial charge < -0.3 is 4.74 Å². The van der Waals surface area contributed by atoms with Crippen LogP contribution in [0.3, 0.4) is 0 Å². The van der Waals surface area contributed by atoms with Crippen molar-refractivity contribution in [1.82, 2.24) is 4.47 Å². The van der Waals surface area contributed by atoms with Gasteiger partial charge in [0.15, 0.2) is 0 Å². The lowest BCUT2D eigenvalue weighted by Gasteiger charge is -2.28. The quantitative estimate of drug-likeness (QED) is 0.866. The summed E-state index contributed by atoms with van der Waals surface area (Å²) in [6.07, 6.45) is 0.